The topological polar surface area (TPSA) is 60.2 Å². The molecule has 19 heavy (non-hydrogen) atoms. The lowest BCUT2D eigenvalue weighted by Crippen LogP contribution is -2.32. The van der Waals surface area contributed by atoms with Crippen LogP contribution < -0.4 is 11.1 Å². The predicted octanol–water partition coefficient (Wildman–Crippen LogP) is 2.80. The van der Waals surface area contributed by atoms with Gasteiger partial charge in [0.05, 0.1) is 29.2 Å². The number of rotatable bonds is 2. The number of hydrogen-bond acceptors (Lipinski definition) is 4. The van der Waals surface area contributed by atoms with Crippen molar-refractivity contribution in [3.8, 4) is 0 Å². The zero-order chi connectivity index (χ0) is 13.2. The first-order valence-electron chi connectivity index (χ1n) is 6.75. The summed E-state index contributed by atoms with van der Waals surface area (Å²) < 4.78 is 5.58. The molecule has 4 nitrogen and oxygen atoms in total. The van der Waals surface area contributed by atoms with Crippen molar-refractivity contribution in [1.29, 1.82) is 0 Å². The first kappa shape index (κ1) is 12.2. The first-order valence-corrected chi connectivity index (χ1v) is 6.75. The fourth-order valence-corrected chi connectivity index (χ4v) is 2.65. The van der Waals surface area contributed by atoms with Crippen molar-refractivity contribution in [2.75, 3.05) is 17.7 Å². The molecule has 1 fully saturated rings. The molecule has 0 amide bonds. The van der Waals surface area contributed by atoms with Crippen molar-refractivity contribution in [3.05, 3.63) is 30.5 Å². The number of fused-ring (bicyclic) bond motifs is 1. The Bertz CT molecular complexity index is 585. The SMILES string of the molecule is CC1CC(Nc2c(N)cnc3ccccc23)CCO1. The lowest BCUT2D eigenvalue weighted by atomic mass is 10.0. The summed E-state index contributed by atoms with van der Waals surface area (Å²) in [5, 5.41) is 4.66. The van der Waals surface area contributed by atoms with Crippen LogP contribution in [0.2, 0.25) is 0 Å². The zero-order valence-corrected chi connectivity index (χ0v) is 11.1. The van der Waals surface area contributed by atoms with E-state index >= 15 is 0 Å². The van der Waals surface area contributed by atoms with Gasteiger partial charge in [-0.1, -0.05) is 18.2 Å². The molecule has 2 heterocycles. The van der Waals surface area contributed by atoms with Crippen LogP contribution in [0.3, 0.4) is 0 Å². The summed E-state index contributed by atoms with van der Waals surface area (Å²) >= 11 is 0. The van der Waals surface area contributed by atoms with Crippen LogP contribution in [0.15, 0.2) is 30.5 Å². The van der Waals surface area contributed by atoms with Gasteiger partial charge in [-0.25, -0.2) is 0 Å². The molecule has 1 saturated heterocycles. The molecule has 0 bridgehead atoms. The van der Waals surface area contributed by atoms with Crippen molar-refractivity contribution >= 4 is 22.3 Å². The van der Waals surface area contributed by atoms with E-state index in [1.807, 2.05) is 18.2 Å². The summed E-state index contributed by atoms with van der Waals surface area (Å²) in [5.41, 5.74) is 8.76. The monoisotopic (exact) mass is 257 g/mol. The molecule has 0 spiro atoms. The van der Waals surface area contributed by atoms with Gasteiger partial charge in [-0.05, 0) is 25.8 Å². The smallest absolute Gasteiger partial charge is 0.0743 e. The van der Waals surface area contributed by atoms with Gasteiger partial charge in [-0.3, -0.25) is 4.98 Å². The Labute approximate surface area is 113 Å². The quantitative estimate of drug-likeness (QED) is 0.868. The molecule has 3 N–H and O–H groups in total. The standard InChI is InChI=1S/C15H19N3O/c1-10-8-11(6-7-19-10)18-15-12-4-2-3-5-14(12)17-9-13(15)16/h2-5,9-11H,6-8,16H2,1H3,(H,17,18). The Kier molecular flexibility index (Phi) is 3.25. The molecule has 2 aromatic rings. The molecule has 1 aliphatic heterocycles. The fourth-order valence-electron chi connectivity index (χ4n) is 2.65. The van der Waals surface area contributed by atoms with Crippen LogP contribution in [0.4, 0.5) is 11.4 Å². The largest absolute Gasteiger partial charge is 0.396 e. The third-order valence-corrected chi connectivity index (χ3v) is 3.64. The third-order valence-electron chi connectivity index (χ3n) is 3.64. The van der Waals surface area contributed by atoms with Crippen LogP contribution in [-0.4, -0.2) is 23.7 Å². The molecule has 1 aliphatic rings. The van der Waals surface area contributed by atoms with Gasteiger partial charge in [0.1, 0.15) is 0 Å². The van der Waals surface area contributed by atoms with Crippen molar-refractivity contribution in [2.45, 2.75) is 31.9 Å². The Morgan fingerprint density at radius 3 is 3.05 bits per heavy atom. The molecule has 2 atom stereocenters. The molecule has 0 radical (unpaired) electrons. The summed E-state index contributed by atoms with van der Waals surface area (Å²) in [5.74, 6) is 0. The van der Waals surface area contributed by atoms with Crippen molar-refractivity contribution in [2.24, 2.45) is 0 Å². The van der Waals surface area contributed by atoms with E-state index in [0.29, 0.717) is 17.8 Å². The van der Waals surface area contributed by atoms with Crippen molar-refractivity contribution in [3.63, 3.8) is 0 Å². The Balaban J connectivity index is 1.93. The summed E-state index contributed by atoms with van der Waals surface area (Å²) in [6.07, 6.45) is 4.06. The first-order chi connectivity index (χ1) is 9.24. The number of ether oxygens (including phenoxy) is 1. The number of benzene rings is 1. The number of nitrogens with zero attached hydrogens (tertiary/aromatic N) is 1. The van der Waals surface area contributed by atoms with Crippen molar-refractivity contribution in [1.82, 2.24) is 4.98 Å². The van der Waals surface area contributed by atoms with E-state index in [2.05, 4.69) is 23.3 Å². The third kappa shape index (κ3) is 2.49. The molecule has 3 rings (SSSR count). The van der Waals surface area contributed by atoms with Crippen LogP contribution >= 0.6 is 0 Å². The molecule has 1 aromatic carbocycles. The summed E-state index contributed by atoms with van der Waals surface area (Å²) in [6, 6.07) is 8.49. The molecule has 100 valence electrons. The van der Waals surface area contributed by atoms with Crippen molar-refractivity contribution < 1.29 is 4.74 Å². The zero-order valence-electron chi connectivity index (χ0n) is 11.1. The van der Waals surface area contributed by atoms with Crippen LogP contribution in [0.5, 0.6) is 0 Å². The molecule has 2 unspecified atom stereocenters. The van der Waals surface area contributed by atoms with E-state index in [1.165, 1.54) is 0 Å². The van der Waals surface area contributed by atoms with Crippen LogP contribution in [0.1, 0.15) is 19.8 Å². The maximum atomic E-state index is 6.08. The van der Waals surface area contributed by atoms with Gasteiger partial charge >= 0.3 is 0 Å². The highest BCUT2D eigenvalue weighted by Crippen LogP contribution is 2.30. The lowest BCUT2D eigenvalue weighted by Gasteiger charge is -2.29. The second-order valence-corrected chi connectivity index (χ2v) is 5.15. The number of nitrogens with two attached hydrogens (primary N) is 1. The Hall–Kier alpha value is -1.81. The molecular weight excluding hydrogens is 238 g/mol. The minimum atomic E-state index is 0.306. The Morgan fingerprint density at radius 2 is 2.21 bits per heavy atom. The second-order valence-electron chi connectivity index (χ2n) is 5.15. The number of para-hydroxylation sites is 1. The number of pyridine rings is 1. The number of aromatic nitrogens is 1. The van der Waals surface area contributed by atoms with Gasteiger partial charge in [0.2, 0.25) is 0 Å². The van der Waals surface area contributed by atoms with Crippen LogP contribution in [0.25, 0.3) is 10.9 Å². The number of nitrogen functional groups attached to an aromatic ring is 1. The highest BCUT2D eigenvalue weighted by molar-refractivity contribution is 5.96. The summed E-state index contributed by atoms with van der Waals surface area (Å²) in [7, 11) is 0. The van der Waals surface area contributed by atoms with Crippen LogP contribution in [-0.2, 0) is 4.74 Å². The molecule has 4 heteroatoms. The number of nitrogens with one attached hydrogen (secondary N) is 1. The number of hydrogen-bond donors (Lipinski definition) is 2. The lowest BCUT2D eigenvalue weighted by molar-refractivity contribution is 0.0232. The normalized spacial score (nSPS) is 23.4. The average molecular weight is 257 g/mol. The average Bonchev–Trinajstić information content (AvgIpc) is 2.42. The molecular formula is C15H19N3O. The summed E-state index contributed by atoms with van der Waals surface area (Å²) in [6.45, 7) is 2.92. The van der Waals surface area contributed by atoms with Gasteiger partial charge in [0.15, 0.2) is 0 Å². The fraction of sp³-hybridized carbons (Fsp3) is 0.400. The Morgan fingerprint density at radius 1 is 1.37 bits per heavy atom. The van der Waals surface area contributed by atoms with E-state index in [1.54, 1.807) is 6.20 Å². The summed E-state index contributed by atoms with van der Waals surface area (Å²) in [4.78, 5) is 4.36. The second kappa shape index (κ2) is 5.05. The highest BCUT2D eigenvalue weighted by atomic mass is 16.5. The van der Waals surface area contributed by atoms with E-state index in [0.717, 1.165) is 36.0 Å². The van der Waals surface area contributed by atoms with Gasteiger partial charge < -0.3 is 15.8 Å². The molecule has 1 aromatic heterocycles. The van der Waals surface area contributed by atoms with E-state index < -0.39 is 0 Å². The minimum Gasteiger partial charge on any atom is -0.396 e. The van der Waals surface area contributed by atoms with Gasteiger partial charge in [-0.15, -0.1) is 0 Å². The molecule has 0 saturated carbocycles. The minimum absolute atomic E-state index is 0.306. The van der Waals surface area contributed by atoms with E-state index in [-0.39, 0.29) is 0 Å². The van der Waals surface area contributed by atoms with Gasteiger partial charge in [-0.2, -0.15) is 0 Å². The van der Waals surface area contributed by atoms with E-state index in [4.69, 9.17) is 10.5 Å². The van der Waals surface area contributed by atoms with Gasteiger partial charge in [0.25, 0.3) is 0 Å². The highest BCUT2D eigenvalue weighted by Gasteiger charge is 2.20. The van der Waals surface area contributed by atoms with Crippen LogP contribution in [0, 0.1) is 0 Å². The molecule has 0 aliphatic carbocycles. The maximum absolute atomic E-state index is 6.08. The van der Waals surface area contributed by atoms with Gasteiger partial charge in [0, 0.05) is 18.0 Å². The number of anilines is 2. The van der Waals surface area contributed by atoms with E-state index in [9.17, 15) is 0 Å². The predicted molar refractivity (Wildman–Crippen MR) is 78.2 cm³/mol. The maximum Gasteiger partial charge on any atom is 0.0743 e.